The van der Waals surface area contributed by atoms with Crippen LogP contribution in [-0.2, 0) is 17.8 Å². The van der Waals surface area contributed by atoms with Crippen molar-refractivity contribution in [3.8, 4) is 0 Å². The Morgan fingerprint density at radius 3 is 2.86 bits per heavy atom. The second-order valence-electron chi connectivity index (χ2n) is 5.29. The predicted octanol–water partition coefficient (Wildman–Crippen LogP) is 3.23. The second-order valence-corrected chi connectivity index (χ2v) is 6.32. The fraction of sp³-hybridized carbons (Fsp3) is 0.438. The number of thiophene rings is 1. The highest BCUT2D eigenvalue weighted by Gasteiger charge is 2.26. The van der Waals surface area contributed by atoms with E-state index in [9.17, 15) is 4.79 Å². The van der Waals surface area contributed by atoms with Crippen molar-refractivity contribution in [1.29, 1.82) is 0 Å². The minimum atomic E-state index is -0.0447. The van der Waals surface area contributed by atoms with Gasteiger partial charge in [-0.1, -0.05) is 6.07 Å². The third-order valence-electron chi connectivity index (χ3n) is 3.79. The van der Waals surface area contributed by atoms with Gasteiger partial charge in [0, 0.05) is 24.1 Å². The molecule has 0 aliphatic carbocycles. The van der Waals surface area contributed by atoms with Crippen LogP contribution in [-0.4, -0.2) is 30.2 Å². The molecule has 0 aromatic carbocycles. The number of nitrogens with zero attached hydrogens (tertiary/aromatic N) is 1. The minimum Gasteiger partial charge on any atom is -0.467 e. The zero-order chi connectivity index (χ0) is 15.2. The molecule has 3 rings (SSSR count). The van der Waals surface area contributed by atoms with Crippen LogP contribution in [0.4, 0.5) is 4.79 Å². The number of amides is 2. The maximum absolute atomic E-state index is 12.6. The average Bonchev–Trinajstić information content (AvgIpc) is 3.24. The number of carbonyl (C=O) groups excluding carboxylic acids is 1. The lowest BCUT2D eigenvalue weighted by Gasteiger charge is -2.33. The van der Waals surface area contributed by atoms with Gasteiger partial charge in [-0.3, -0.25) is 0 Å². The van der Waals surface area contributed by atoms with E-state index in [1.807, 2.05) is 34.5 Å². The summed E-state index contributed by atoms with van der Waals surface area (Å²) in [6.07, 6.45) is 3.38. The molecule has 118 valence electrons. The summed E-state index contributed by atoms with van der Waals surface area (Å²) in [4.78, 5) is 15.6. The van der Waals surface area contributed by atoms with Crippen LogP contribution in [0.15, 0.2) is 40.3 Å². The lowest BCUT2D eigenvalue weighted by Crippen LogP contribution is -2.47. The van der Waals surface area contributed by atoms with Crippen molar-refractivity contribution in [2.45, 2.75) is 32.0 Å². The number of nitrogens with one attached hydrogen (secondary N) is 1. The summed E-state index contributed by atoms with van der Waals surface area (Å²) in [6.45, 7) is 2.47. The molecule has 22 heavy (non-hydrogen) atoms. The third kappa shape index (κ3) is 3.90. The van der Waals surface area contributed by atoms with Crippen LogP contribution in [0.5, 0.6) is 0 Å². The molecule has 0 spiro atoms. The Balaban J connectivity index is 1.64. The number of urea groups is 1. The third-order valence-corrected chi connectivity index (χ3v) is 4.67. The van der Waals surface area contributed by atoms with Gasteiger partial charge in [-0.15, -0.1) is 11.3 Å². The van der Waals surface area contributed by atoms with Crippen LogP contribution in [0.3, 0.4) is 0 Å². The second kappa shape index (κ2) is 7.47. The van der Waals surface area contributed by atoms with E-state index in [-0.39, 0.29) is 12.1 Å². The zero-order valence-corrected chi connectivity index (χ0v) is 13.2. The molecule has 0 unspecified atom stereocenters. The summed E-state index contributed by atoms with van der Waals surface area (Å²) in [6, 6.07) is 7.92. The highest BCUT2D eigenvalue weighted by atomic mass is 32.1. The van der Waals surface area contributed by atoms with Crippen molar-refractivity contribution in [2.75, 3.05) is 13.2 Å². The fourth-order valence-corrected chi connectivity index (χ4v) is 3.26. The summed E-state index contributed by atoms with van der Waals surface area (Å²) in [5.41, 5.74) is 0. The average molecular weight is 320 g/mol. The van der Waals surface area contributed by atoms with E-state index in [1.54, 1.807) is 17.6 Å². The molecule has 0 atom stereocenters. The Hall–Kier alpha value is -1.79. The molecule has 1 aliphatic heterocycles. The van der Waals surface area contributed by atoms with Gasteiger partial charge in [-0.2, -0.15) is 0 Å². The number of carbonyl (C=O) groups is 1. The molecule has 5 nitrogen and oxygen atoms in total. The summed E-state index contributed by atoms with van der Waals surface area (Å²) in [5, 5.41) is 5.02. The van der Waals surface area contributed by atoms with Crippen molar-refractivity contribution in [2.24, 2.45) is 0 Å². The van der Waals surface area contributed by atoms with Crippen LogP contribution in [0, 0.1) is 0 Å². The summed E-state index contributed by atoms with van der Waals surface area (Å²) >= 11 is 1.65. The SMILES string of the molecule is O=C(NCc1cccs1)N(Cc1ccco1)C1CCOCC1. The molecule has 0 saturated carbocycles. The molecule has 2 aromatic heterocycles. The van der Waals surface area contributed by atoms with Crippen LogP contribution >= 0.6 is 11.3 Å². The first kappa shape index (κ1) is 15.1. The Labute approximate surface area is 133 Å². The van der Waals surface area contributed by atoms with Crippen molar-refractivity contribution in [3.63, 3.8) is 0 Å². The lowest BCUT2D eigenvalue weighted by molar-refractivity contribution is 0.0419. The smallest absolute Gasteiger partial charge is 0.318 e. The summed E-state index contributed by atoms with van der Waals surface area (Å²) in [5.74, 6) is 0.803. The Bertz CT molecular complexity index is 562. The molecular weight excluding hydrogens is 300 g/mol. The standard InChI is InChI=1S/C16H20N2O3S/c19-16(17-11-15-4-2-10-22-15)18(12-14-3-1-7-21-14)13-5-8-20-9-6-13/h1-4,7,10,13H,5-6,8-9,11-12H2,(H,17,19). The molecule has 0 radical (unpaired) electrons. The molecule has 1 aliphatic rings. The van der Waals surface area contributed by atoms with Crippen LogP contribution in [0.1, 0.15) is 23.5 Å². The van der Waals surface area contributed by atoms with Crippen molar-refractivity contribution < 1.29 is 13.9 Å². The van der Waals surface area contributed by atoms with Gasteiger partial charge < -0.3 is 19.4 Å². The van der Waals surface area contributed by atoms with Crippen LogP contribution in [0.25, 0.3) is 0 Å². The Morgan fingerprint density at radius 1 is 1.32 bits per heavy atom. The lowest BCUT2D eigenvalue weighted by atomic mass is 10.1. The quantitative estimate of drug-likeness (QED) is 0.920. The van der Waals surface area contributed by atoms with E-state index in [0.29, 0.717) is 26.3 Å². The van der Waals surface area contributed by atoms with Crippen LogP contribution in [0.2, 0.25) is 0 Å². The van der Waals surface area contributed by atoms with Gasteiger partial charge in [0.1, 0.15) is 5.76 Å². The molecule has 0 bridgehead atoms. The topological polar surface area (TPSA) is 54.7 Å². The van der Waals surface area contributed by atoms with E-state index in [0.717, 1.165) is 23.5 Å². The maximum Gasteiger partial charge on any atom is 0.318 e. The number of rotatable bonds is 5. The van der Waals surface area contributed by atoms with Gasteiger partial charge >= 0.3 is 6.03 Å². The molecule has 1 N–H and O–H groups in total. The molecular formula is C16H20N2O3S. The molecule has 3 heterocycles. The molecule has 1 saturated heterocycles. The van der Waals surface area contributed by atoms with E-state index >= 15 is 0 Å². The van der Waals surface area contributed by atoms with Gasteiger partial charge in [0.05, 0.1) is 19.4 Å². The van der Waals surface area contributed by atoms with Gasteiger partial charge in [-0.25, -0.2) is 4.79 Å². The Morgan fingerprint density at radius 2 is 2.18 bits per heavy atom. The van der Waals surface area contributed by atoms with Gasteiger partial charge in [0.25, 0.3) is 0 Å². The van der Waals surface area contributed by atoms with Crippen molar-refractivity contribution >= 4 is 17.4 Å². The normalized spacial score (nSPS) is 15.6. The minimum absolute atomic E-state index is 0.0447. The van der Waals surface area contributed by atoms with Crippen molar-refractivity contribution in [1.82, 2.24) is 10.2 Å². The van der Waals surface area contributed by atoms with Gasteiger partial charge in [-0.05, 0) is 36.4 Å². The largest absolute Gasteiger partial charge is 0.467 e. The fourth-order valence-electron chi connectivity index (χ4n) is 2.61. The van der Waals surface area contributed by atoms with Crippen molar-refractivity contribution in [3.05, 3.63) is 46.5 Å². The first-order chi connectivity index (χ1) is 10.8. The first-order valence-electron chi connectivity index (χ1n) is 7.50. The zero-order valence-electron chi connectivity index (χ0n) is 12.4. The summed E-state index contributed by atoms with van der Waals surface area (Å²) in [7, 11) is 0. The monoisotopic (exact) mass is 320 g/mol. The van der Waals surface area contributed by atoms with E-state index in [4.69, 9.17) is 9.15 Å². The number of hydrogen-bond acceptors (Lipinski definition) is 4. The first-order valence-corrected chi connectivity index (χ1v) is 8.38. The Kier molecular flexibility index (Phi) is 5.13. The molecule has 1 fully saturated rings. The summed E-state index contributed by atoms with van der Waals surface area (Å²) < 4.78 is 10.8. The predicted molar refractivity (Wildman–Crippen MR) is 84.6 cm³/mol. The molecule has 6 heteroatoms. The highest BCUT2D eigenvalue weighted by Crippen LogP contribution is 2.18. The number of ether oxygens (including phenoxy) is 1. The number of hydrogen-bond donors (Lipinski definition) is 1. The van der Waals surface area contributed by atoms with E-state index in [1.165, 1.54) is 0 Å². The van der Waals surface area contributed by atoms with E-state index < -0.39 is 0 Å². The van der Waals surface area contributed by atoms with Gasteiger partial charge in [0.2, 0.25) is 0 Å². The molecule has 2 aromatic rings. The highest BCUT2D eigenvalue weighted by molar-refractivity contribution is 7.09. The van der Waals surface area contributed by atoms with Gasteiger partial charge in [0.15, 0.2) is 0 Å². The maximum atomic E-state index is 12.6. The van der Waals surface area contributed by atoms with E-state index in [2.05, 4.69) is 5.32 Å². The van der Waals surface area contributed by atoms with Crippen LogP contribution < -0.4 is 5.32 Å². The number of furan rings is 1. The molecule has 2 amide bonds.